The summed E-state index contributed by atoms with van der Waals surface area (Å²) in [7, 11) is -1.47. The van der Waals surface area contributed by atoms with Crippen molar-refractivity contribution in [1.29, 1.82) is 0 Å². The van der Waals surface area contributed by atoms with E-state index < -0.39 is 10.0 Å². The molecule has 0 aromatic rings. The quantitative estimate of drug-likeness (QED) is 0.447. The predicted octanol–water partition coefficient (Wildman–Crippen LogP) is -0.898. The molecule has 128 valence electrons. The summed E-state index contributed by atoms with van der Waals surface area (Å²) >= 11 is 0. The lowest BCUT2D eigenvalue weighted by Crippen LogP contribution is -2.49. The molecule has 1 aliphatic heterocycles. The highest BCUT2D eigenvalue weighted by molar-refractivity contribution is 7.89. The number of carbonyl (C=O) groups is 1. The van der Waals surface area contributed by atoms with E-state index in [4.69, 9.17) is 0 Å². The average molecular weight is 333 g/mol. The topological polar surface area (TPSA) is 103 Å². The molecule has 1 heterocycles. The molecular formula is C13H27N5O3S. The molecule has 1 aliphatic rings. The van der Waals surface area contributed by atoms with E-state index in [0.717, 1.165) is 0 Å². The number of guanidine groups is 1. The van der Waals surface area contributed by atoms with E-state index in [1.165, 1.54) is 4.31 Å². The molecule has 0 unspecified atom stereocenters. The molecule has 0 atom stereocenters. The Morgan fingerprint density at radius 2 is 1.95 bits per heavy atom. The van der Waals surface area contributed by atoms with Gasteiger partial charge in [-0.25, -0.2) is 12.7 Å². The number of amides is 1. The van der Waals surface area contributed by atoms with Gasteiger partial charge >= 0.3 is 0 Å². The summed E-state index contributed by atoms with van der Waals surface area (Å²) in [4.78, 5) is 15.7. The van der Waals surface area contributed by atoms with Crippen molar-refractivity contribution in [2.24, 2.45) is 4.99 Å². The second-order valence-electron chi connectivity index (χ2n) is 6.22. The van der Waals surface area contributed by atoms with Gasteiger partial charge in [0.25, 0.3) is 0 Å². The van der Waals surface area contributed by atoms with E-state index in [9.17, 15) is 13.2 Å². The Labute approximate surface area is 132 Å². The minimum atomic E-state index is -3.07. The van der Waals surface area contributed by atoms with Crippen LogP contribution in [-0.4, -0.2) is 69.1 Å². The fraction of sp³-hybridized carbons (Fsp3) is 0.846. The van der Waals surface area contributed by atoms with Crippen molar-refractivity contribution in [3.63, 3.8) is 0 Å². The van der Waals surface area contributed by atoms with Gasteiger partial charge in [0.2, 0.25) is 15.9 Å². The zero-order chi connectivity index (χ0) is 16.8. The van der Waals surface area contributed by atoms with Crippen LogP contribution in [0.5, 0.6) is 0 Å². The fourth-order valence-electron chi connectivity index (χ4n) is 2.09. The third-order valence-corrected chi connectivity index (χ3v) is 4.97. The van der Waals surface area contributed by atoms with Crippen LogP contribution in [0.25, 0.3) is 0 Å². The van der Waals surface area contributed by atoms with Crippen LogP contribution in [0.3, 0.4) is 0 Å². The Kier molecular flexibility index (Phi) is 6.61. The van der Waals surface area contributed by atoms with Crippen molar-refractivity contribution in [3.8, 4) is 0 Å². The van der Waals surface area contributed by atoms with Gasteiger partial charge in [0.1, 0.15) is 0 Å². The van der Waals surface area contributed by atoms with Crippen LogP contribution in [0.4, 0.5) is 0 Å². The van der Waals surface area contributed by atoms with Crippen LogP contribution in [-0.2, 0) is 14.8 Å². The molecule has 0 saturated carbocycles. The van der Waals surface area contributed by atoms with E-state index in [1.807, 2.05) is 20.8 Å². The molecule has 0 radical (unpaired) electrons. The van der Waals surface area contributed by atoms with E-state index in [0.29, 0.717) is 32.0 Å². The second kappa shape index (κ2) is 7.77. The maximum atomic E-state index is 11.7. The minimum Gasteiger partial charge on any atom is -0.355 e. The zero-order valence-electron chi connectivity index (χ0n) is 13.8. The molecule has 22 heavy (non-hydrogen) atoms. The van der Waals surface area contributed by atoms with Crippen LogP contribution < -0.4 is 16.0 Å². The SMILES string of the molecule is CN=C(NCCN1CCCS1(=O)=O)NCC(=O)NC(C)(C)C. The van der Waals surface area contributed by atoms with Gasteiger partial charge in [-0.2, -0.15) is 0 Å². The third-order valence-electron chi connectivity index (χ3n) is 3.01. The zero-order valence-corrected chi connectivity index (χ0v) is 14.6. The van der Waals surface area contributed by atoms with Crippen LogP contribution in [0, 0.1) is 0 Å². The number of rotatable bonds is 5. The largest absolute Gasteiger partial charge is 0.355 e. The number of hydrogen-bond acceptors (Lipinski definition) is 4. The van der Waals surface area contributed by atoms with Crippen molar-refractivity contribution in [2.45, 2.75) is 32.7 Å². The molecule has 0 aromatic carbocycles. The maximum absolute atomic E-state index is 11.7. The van der Waals surface area contributed by atoms with Crippen LogP contribution in [0.15, 0.2) is 4.99 Å². The number of sulfonamides is 1. The number of nitrogens with zero attached hydrogens (tertiary/aromatic N) is 2. The van der Waals surface area contributed by atoms with Gasteiger partial charge in [0.15, 0.2) is 5.96 Å². The number of nitrogens with one attached hydrogen (secondary N) is 3. The van der Waals surface area contributed by atoms with Crippen LogP contribution in [0.1, 0.15) is 27.2 Å². The summed E-state index contributed by atoms with van der Waals surface area (Å²) in [5, 5.41) is 8.74. The summed E-state index contributed by atoms with van der Waals surface area (Å²) in [6, 6.07) is 0. The fourth-order valence-corrected chi connectivity index (χ4v) is 3.62. The Bertz CT molecular complexity index is 510. The van der Waals surface area contributed by atoms with Crippen LogP contribution in [0.2, 0.25) is 0 Å². The summed E-state index contributed by atoms with van der Waals surface area (Å²) in [6.45, 7) is 7.26. The molecule has 1 amide bonds. The van der Waals surface area contributed by atoms with Crippen molar-refractivity contribution < 1.29 is 13.2 Å². The molecular weight excluding hydrogens is 306 g/mol. The Morgan fingerprint density at radius 1 is 1.27 bits per heavy atom. The molecule has 1 fully saturated rings. The van der Waals surface area contributed by atoms with E-state index >= 15 is 0 Å². The number of carbonyl (C=O) groups excluding carboxylic acids is 1. The van der Waals surface area contributed by atoms with E-state index in [2.05, 4.69) is 20.9 Å². The minimum absolute atomic E-state index is 0.110. The normalized spacial score (nSPS) is 19.0. The standard InChI is InChI=1S/C13H27N5O3S/c1-13(2,3)17-11(19)10-16-12(14-4)15-6-8-18-7-5-9-22(18,20)21/h5-10H2,1-4H3,(H,17,19)(H2,14,15,16). The lowest BCUT2D eigenvalue weighted by Gasteiger charge is -2.21. The van der Waals surface area contributed by atoms with Crippen molar-refractivity contribution in [3.05, 3.63) is 0 Å². The maximum Gasteiger partial charge on any atom is 0.239 e. The Balaban J connectivity index is 2.30. The smallest absolute Gasteiger partial charge is 0.239 e. The van der Waals surface area contributed by atoms with E-state index in [1.54, 1.807) is 7.05 Å². The molecule has 0 bridgehead atoms. The highest BCUT2D eigenvalue weighted by atomic mass is 32.2. The summed E-state index contributed by atoms with van der Waals surface area (Å²) in [6.07, 6.45) is 0.683. The van der Waals surface area contributed by atoms with Crippen LogP contribution >= 0.6 is 0 Å². The molecule has 0 spiro atoms. The van der Waals surface area contributed by atoms with E-state index in [-0.39, 0.29) is 23.7 Å². The highest BCUT2D eigenvalue weighted by Gasteiger charge is 2.27. The van der Waals surface area contributed by atoms with Crippen molar-refractivity contribution >= 4 is 21.9 Å². The highest BCUT2D eigenvalue weighted by Crippen LogP contribution is 2.11. The monoisotopic (exact) mass is 333 g/mol. The van der Waals surface area contributed by atoms with Gasteiger partial charge < -0.3 is 16.0 Å². The first-order valence-electron chi connectivity index (χ1n) is 7.37. The lowest BCUT2D eigenvalue weighted by atomic mass is 10.1. The lowest BCUT2D eigenvalue weighted by molar-refractivity contribution is -0.121. The number of hydrogen-bond donors (Lipinski definition) is 3. The van der Waals surface area contributed by atoms with Crippen molar-refractivity contribution in [2.75, 3.05) is 39.0 Å². The number of aliphatic imine (C=N–C) groups is 1. The molecule has 1 saturated heterocycles. The Morgan fingerprint density at radius 3 is 2.45 bits per heavy atom. The summed E-state index contributed by atoms with van der Waals surface area (Å²) in [5.74, 6) is 0.575. The van der Waals surface area contributed by atoms with Gasteiger partial charge in [0, 0.05) is 32.2 Å². The first kappa shape index (κ1) is 18.7. The van der Waals surface area contributed by atoms with Gasteiger partial charge in [0.05, 0.1) is 12.3 Å². The first-order valence-corrected chi connectivity index (χ1v) is 8.98. The van der Waals surface area contributed by atoms with Gasteiger partial charge in [-0.05, 0) is 27.2 Å². The first-order chi connectivity index (χ1) is 10.1. The summed E-state index contributed by atoms with van der Waals surface area (Å²) < 4.78 is 24.8. The molecule has 1 rings (SSSR count). The molecule has 3 N–H and O–H groups in total. The molecule has 0 aromatic heterocycles. The van der Waals surface area contributed by atoms with Crippen molar-refractivity contribution in [1.82, 2.24) is 20.3 Å². The molecule has 0 aliphatic carbocycles. The average Bonchev–Trinajstić information content (AvgIpc) is 2.70. The van der Waals surface area contributed by atoms with Gasteiger partial charge in [-0.3, -0.25) is 9.79 Å². The predicted molar refractivity (Wildman–Crippen MR) is 87.2 cm³/mol. The second-order valence-corrected chi connectivity index (χ2v) is 8.31. The third kappa shape index (κ3) is 6.61. The molecule has 8 nitrogen and oxygen atoms in total. The Hall–Kier alpha value is -1.35. The molecule has 9 heteroatoms. The summed E-state index contributed by atoms with van der Waals surface area (Å²) in [5.41, 5.74) is -0.278. The van der Waals surface area contributed by atoms with Gasteiger partial charge in [-0.1, -0.05) is 0 Å². The van der Waals surface area contributed by atoms with Gasteiger partial charge in [-0.15, -0.1) is 0 Å².